The minimum Gasteiger partial charge on any atom is -0.369 e. The van der Waals surface area contributed by atoms with Crippen molar-refractivity contribution in [3.63, 3.8) is 0 Å². The fourth-order valence-corrected chi connectivity index (χ4v) is 6.02. The van der Waals surface area contributed by atoms with Gasteiger partial charge in [-0.3, -0.25) is 0 Å². The predicted octanol–water partition coefficient (Wildman–Crippen LogP) is 6.48. The Morgan fingerprint density at radius 2 is 1.67 bits per heavy atom. The van der Waals surface area contributed by atoms with E-state index in [1.54, 1.807) is 0 Å². The van der Waals surface area contributed by atoms with Crippen molar-refractivity contribution in [3.8, 4) is 0 Å². The maximum absolute atomic E-state index is 6.72. The second kappa shape index (κ2) is 11.5. The van der Waals surface area contributed by atoms with Gasteiger partial charge in [0.15, 0.2) is 0 Å². The van der Waals surface area contributed by atoms with Crippen LogP contribution in [0.1, 0.15) is 96.3 Å². The lowest BCUT2D eigenvalue weighted by Crippen LogP contribution is -2.42. The van der Waals surface area contributed by atoms with E-state index in [9.17, 15) is 0 Å². The molecule has 2 aliphatic carbocycles. The van der Waals surface area contributed by atoms with Gasteiger partial charge in [-0.25, -0.2) is 0 Å². The summed E-state index contributed by atoms with van der Waals surface area (Å²) in [5, 5.41) is 3.72. The zero-order chi connectivity index (χ0) is 20.5. The molecule has 1 saturated heterocycles. The third kappa shape index (κ3) is 6.23. The Labute approximate surface area is 185 Å². The molecule has 0 bridgehead atoms. The van der Waals surface area contributed by atoms with E-state index in [1.165, 1.54) is 108 Å². The highest BCUT2D eigenvalue weighted by atomic mass is 16.5. The second-order valence-electron chi connectivity index (χ2n) is 10.2. The van der Waals surface area contributed by atoms with E-state index in [-0.39, 0.29) is 5.60 Å². The Morgan fingerprint density at radius 3 is 2.47 bits per heavy atom. The van der Waals surface area contributed by atoms with Crippen LogP contribution in [0.15, 0.2) is 35.7 Å². The number of rotatable bonds is 8. The minimum atomic E-state index is -0.0960. The van der Waals surface area contributed by atoms with Gasteiger partial charge in [0.2, 0.25) is 0 Å². The summed E-state index contributed by atoms with van der Waals surface area (Å²) in [5.74, 6) is 0.882. The highest BCUT2D eigenvalue weighted by Gasteiger charge is 2.37. The van der Waals surface area contributed by atoms with Gasteiger partial charge >= 0.3 is 0 Å². The zero-order valence-electron chi connectivity index (χ0n) is 19.2. The van der Waals surface area contributed by atoms with Gasteiger partial charge in [0.05, 0.1) is 0 Å². The summed E-state index contributed by atoms with van der Waals surface area (Å²) in [7, 11) is 0. The summed E-state index contributed by atoms with van der Waals surface area (Å²) < 4.78 is 6.72. The van der Waals surface area contributed by atoms with Crippen LogP contribution in [-0.2, 0) is 4.74 Å². The van der Waals surface area contributed by atoms with Crippen LogP contribution in [0.3, 0.4) is 0 Å². The van der Waals surface area contributed by atoms with Crippen molar-refractivity contribution >= 4 is 0 Å². The van der Waals surface area contributed by atoms with E-state index >= 15 is 0 Å². The van der Waals surface area contributed by atoms with Gasteiger partial charge in [0.1, 0.15) is 5.60 Å². The van der Waals surface area contributed by atoms with Gasteiger partial charge in [-0.2, -0.15) is 0 Å². The molecule has 2 aliphatic heterocycles. The average Bonchev–Trinajstić information content (AvgIpc) is 3.05. The van der Waals surface area contributed by atoms with Crippen molar-refractivity contribution in [2.45, 2.75) is 102 Å². The number of nitrogens with one attached hydrogen (secondary N) is 1. The third-order valence-corrected chi connectivity index (χ3v) is 7.83. The molecule has 0 aromatic rings. The topological polar surface area (TPSA) is 24.5 Å². The van der Waals surface area contributed by atoms with Crippen LogP contribution in [0.25, 0.3) is 0 Å². The third-order valence-electron chi connectivity index (χ3n) is 7.83. The SMILES string of the molecule is C1=CC(CC2CCCCC2)=CNC(C2(OCCCN3CCCCC3)CCCCC2)=C1. The molecule has 4 rings (SSSR count). The summed E-state index contributed by atoms with van der Waals surface area (Å²) in [5.41, 5.74) is 2.67. The van der Waals surface area contributed by atoms with Crippen LogP contribution >= 0.6 is 0 Å². The van der Waals surface area contributed by atoms with Crippen molar-refractivity contribution < 1.29 is 4.74 Å². The maximum atomic E-state index is 6.72. The summed E-state index contributed by atoms with van der Waals surface area (Å²) in [6, 6.07) is 0. The molecule has 4 aliphatic rings. The molecule has 3 heteroatoms. The molecule has 0 aromatic carbocycles. The standard InChI is InChI=1S/C27H44N2O/c1-4-12-24(13-5-1)22-25-14-10-15-26(28-23-25)27(16-6-2-7-17-27)30-21-11-20-29-18-8-3-9-19-29/h10,14-15,23-24,28H,1-9,11-13,16-22H2. The Hall–Kier alpha value is -1.06. The summed E-state index contributed by atoms with van der Waals surface area (Å²) in [6.07, 6.45) is 29.1. The number of allylic oxidation sites excluding steroid dienone is 4. The number of hydrogen-bond donors (Lipinski definition) is 1. The monoisotopic (exact) mass is 412 g/mol. The lowest BCUT2D eigenvalue weighted by atomic mass is 9.81. The van der Waals surface area contributed by atoms with E-state index in [1.807, 2.05) is 0 Å². The Balaban J connectivity index is 1.31. The molecule has 2 saturated carbocycles. The molecule has 2 heterocycles. The van der Waals surface area contributed by atoms with Gasteiger partial charge in [-0.05, 0) is 69.2 Å². The van der Waals surface area contributed by atoms with E-state index in [4.69, 9.17) is 4.74 Å². The number of hydrogen-bond acceptors (Lipinski definition) is 3. The molecular formula is C27H44N2O. The Morgan fingerprint density at radius 1 is 0.933 bits per heavy atom. The smallest absolute Gasteiger partial charge is 0.108 e. The number of likely N-dealkylation sites (tertiary alicyclic amines) is 1. The predicted molar refractivity (Wildman–Crippen MR) is 126 cm³/mol. The van der Waals surface area contributed by atoms with Crippen LogP contribution in [-0.4, -0.2) is 36.7 Å². The number of nitrogens with zero attached hydrogens (tertiary/aromatic N) is 1. The molecule has 168 valence electrons. The van der Waals surface area contributed by atoms with Gasteiger partial charge in [-0.1, -0.05) is 69.9 Å². The molecule has 30 heavy (non-hydrogen) atoms. The molecule has 3 fully saturated rings. The molecule has 0 spiro atoms. The summed E-state index contributed by atoms with van der Waals surface area (Å²) in [4.78, 5) is 2.63. The van der Waals surface area contributed by atoms with Gasteiger partial charge in [0.25, 0.3) is 0 Å². The van der Waals surface area contributed by atoms with Gasteiger partial charge in [-0.15, -0.1) is 0 Å². The Kier molecular flexibility index (Phi) is 8.51. The largest absolute Gasteiger partial charge is 0.369 e. The second-order valence-corrected chi connectivity index (χ2v) is 10.2. The van der Waals surface area contributed by atoms with Crippen LogP contribution in [0, 0.1) is 5.92 Å². The first-order chi connectivity index (χ1) is 14.8. The van der Waals surface area contributed by atoms with Crippen LogP contribution in [0.4, 0.5) is 0 Å². The number of piperidine rings is 1. The molecule has 3 nitrogen and oxygen atoms in total. The molecular weight excluding hydrogens is 368 g/mol. The first kappa shape index (κ1) is 22.1. The maximum Gasteiger partial charge on any atom is 0.108 e. The summed E-state index contributed by atoms with van der Waals surface area (Å²) in [6.45, 7) is 4.67. The highest BCUT2D eigenvalue weighted by Crippen LogP contribution is 2.38. The van der Waals surface area contributed by atoms with E-state index in [2.05, 4.69) is 34.6 Å². The molecule has 0 unspecified atom stereocenters. The van der Waals surface area contributed by atoms with Crippen molar-refractivity contribution in [3.05, 3.63) is 35.7 Å². The van der Waals surface area contributed by atoms with Crippen molar-refractivity contribution in [1.82, 2.24) is 10.2 Å². The van der Waals surface area contributed by atoms with Gasteiger partial charge in [0, 0.05) is 25.0 Å². The fraction of sp³-hybridized carbons (Fsp3) is 0.778. The van der Waals surface area contributed by atoms with Crippen LogP contribution in [0.5, 0.6) is 0 Å². The average molecular weight is 413 g/mol. The zero-order valence-corrected chi connectivity index (χ0v) is 19.2. The lowest BCUT2D eigenvalue weighted by molar-refractivity contribution is -0.0484. The first-order valence-corrected chi connectivity index (χ1v) is 13.0. The van der Waals surface area contributed by atoms with Crippen molar-refractivity contribution in [2.24, 2.45) is 5.92 Å². The normalized spacial score (nSPS) is 25.9. The van der Waals surface area contributed by atoms with Crippen molar-refractivity contribution in [1.29, 1.82) is 0 Å². The molecule has 1 N–H and O–H groups in total. The van der Waals surface area contributed by atoms with E-state index in [0.29, 0.717) is 0 Å². The van der Waals surface area contributed by atoms with Crippen LogP contribution < -0.4 is 5.32 Å². The number of ether oxygens (including phenoxy) is 1. The Bertz CT molecular complexity index is 602. The molecule has 0 radical (unpaired) electrons. The lowest BCUT2D eigenvalue weighted by Gasteiger charge is -2.39. The minimum absolute atomic E-state index is 0.0960. The highest BCUT2D eigenvalue weighted by molar-refractivity contribution is 5.33. The van der Waals surface area contributed by atoms with E-state index in [0.717, 1.165) is 31.8 Å². The van der Waals surface area contributed by atoms with E-state index < -0.39 is 0 Å². The van der Waals surface area contributed by atoms with Crippen LogP contribution in [0.2, 0.25) is 0 Å². The van der Waals surface area contributed by atoms with Crippen molar-refractivity contribution in [2.75, 3.05) is 26.2 Å². The molecule has 0 aromatic heterocycles. The fourth-order valence-electron chi connectivity index (χ4n) is 6.02. The first-order valence-electron chi connectivity index (χ1n) is 13.0. The van der Waals surface area contributed by atoms with Gasteiger partial charge < -0.3 is 15.0 Å². The quantitative estimate of drug-likeness (QED) is 0.462. The summed E-state index contributed by atoms with van der Waals surface area (Å²) >= 11 is 0. The molecule has 0 amide bonds. The molecule has 0 atom stereocenters.